The molecule has 0 aliphatic heterocycles. The van der Waals surface area contributed by atoms with Crippen molar-refractivity contribution < 1.29 is 8.42 Å². The van der Waals surface area contributed by atoms with Gasteiger partial charge in [-0.1, -0.05) is 17.7 Å². The van der Waals surface area contributed by atoms with Crippen LogP contribution in [0.4, 0.5) is 0 Å². The number of nitrogens with zero attached hydrogens (tertiary/aromatic N) is 4. The maximum Gasteiger partial charge on any atom is 0.304 e. The molecule has 2 rings (SSSR count). The Balaban J connectivity index is 2.80. The summed E-state index contributed by atoms with van der Waals surface area (Å²) in [7, 11) is -4.03. The Morgan fingerprint density at radius 1 is 1.47 bits per heavy atom. The molecule has 0 aromatic carbocycles. The van der Waals surface area contributed by atoms with Gasteiger partial charge in [0.15, 0.2) is 10.8 Å². The van der Waals surface area contributed by atoms with Crippen molar-refractivity contribution in [2.45, 2.75) is 11.9 Å². The standard InChI is InChI=1S/C10H10ClN5O2S/c1-2-3-7-4-5-8-14-9(11)10(16(8)15-7)19(17,18)13-6-12/h2-6H,1H3,(H2,12,13). The van der Waals surface area contributed by atoms with Gasteiger partial charge in [0.1, 0.15) is 0 Å². The zero-order chi connectivity index (χ0) is 14.0. The molecular formula is C10H10ClN5O2S. The number of aromatic nitrogens is 3. The van der Waals surface area contributed by atoms with Crippen molar-refractivity contribution in [2.24, 2.45) is 10.1 Å². The monoisotopic (exact) mass is 299 g/mol. The first-order valence-corrected chi connectivity index (χ1v) is 7.00. The Bertz CT molecular complexity index is 779. The molecule has 2 aromatic heterocycles. The average Bonchev–Trinajstić information content (AvgIpc) is 2.65. The number of hydrogen-bond donors (Lipinski definition) is 1. The lowest BCUT2D eigenvalue weighted by molar-refractivity contribution is 0.590. The second-order valence-corrected chi connectivity index (χ2v) is 5.37. The van der Waals surface area contributed by atoms with E-state index in [2.05, 4.69) is 14.5 Å². The first kappa shape index (κ1) is 13.5. The number of hydrogen-bond acceptors (Lipinski definition) is 4. The highest BCUT2D eigenvalue weighted by molar-refractivity contribution is 7.90. The minimum absolute atomic E-state index is 0.198. The third-order valence-electron chi connectivity index (χ3n) is 2.20. The van der Waals surface area contributed by atoms with Crippen LogP contribution in [-0.4, -0.2) is 29.4 Å². The van der Waals surface area contributed by atoms with Crippen LogP contribution in [0.25, 0.3) is 11.7 Å². The molecule has 0 saturated heterocycles. The molecule has 2 N–H and O–H groups in total. The normalized spacial score (nSPS) is 12.9. The summed E-state index contributed by atoms with van der Waals surface area (Å²) >= 11 is 5.83. The van der Waals surface area contributed by atoms with Gasteiger partial charge in [0.25, 0.3) is 0 Å². The van der Waals surface area contributed by atoms with E-state index < -0.39 is 10.0 Å². The maximum absolute atomic E-state index is 11.9. The number of fused-ring (bicyclic) bond motifs is 1. The van der Waals surface area contributed by atoms with Gasteiger partial charge in [0, 0.05) is 0 Å². The minimum Gasteiger partial charge on any atom is -0.389 e. The average molecular weight is 300 g/mol. The van der Waals surface area contributed by atoms with E-state index >= 15 is 0 Å². The molecule has 7 nitrogen and oxygen atoms in total. The van der Waals surface area contributed by atoms with Crippen molar-refractivity contribution in [1.29, 1.82) is 0 Å². The summed E-state index contributed by atoms with van der Waals surface area (Å²) in [5.74, 6) is 0. The van der Waals surface area contributed by atoms with Gasteiger partial charge in [-0.05, 0) is 25.1 Å². The zero-order valence-electron chi connectivity index (χ0n) is 9.86. The van der Waals surface area contributed by atoms with E-state index in [1.807, 2.05) is 6.92 Å². The third kappa shape index (κ3) is 2.45. The van der Waals surface area contributed by atoms with Crippen LogP contribution in [0.1, 0.15) is 12.6 Å². The van der Waals surface area contributed by atoms with E-state index in [0.29, 0.717) is 17.7 Å². The van der Waals surface area contributed by atoms with E-state index in [1.54, 1.807) is 24.3 Å². The molecule has 0 fully saturated rings. The van der Waals surface area contributed by atoms with Gasteiger partial charge in [0.05, 0.1) is 12.0 Å². The number of allylic oxidation sites excluding steroid dienone is 1. The molecule has 0 radical (unpaired) electrons. The second-order valence-electron chi connectivity index (χ2n) is 3.47. The van der Waals surface area contributed by atoms with Crippen molar-refractivity contribution in [1.82, 2.24) is 14.6 Å². The summed E-state index contributed by atoms with van der Waals surface area (Å²) < 4.78 is 28.2. The Labute approximate surface area is 114 Å². The summed E-state index contributed by atoms with van der Waals surface area (Å²) in [5.41, 5.74) is 5.89. The molecule has 0 saturated carbocycles. The Kier molecular flexibility index (Phi) is 3.54. The van der Waals surface area contributed by atoms with Gasteiger partial charge < -0.3 is 5.73 Å². The topological polar surface area (TPSA) is 103 Å². The second kappa shape index (κ2) is 4.98. The fourth-order valence-electron chi connectivity index (χ4n) is 1.51. The Morgan fingerprint density at radius 2 is 2.21 bits per heavy atom. The van der Waals surface area contributed by atoms with E-state index in [9.17, 15) is 8.42 Å². The Hall–Kier alpha value is -1.93. The summed E-state index contributed by atoms with van der Waals surface area (Å²) in [6.07, 6.45) is 4.18. The third-order valence-corrected chi connectivity index (χ3v) is 3.83. The molecule has 0 bridgehead atoms. The zero-order valence-corrected chi connectivity index (χ0v) is 11.4. The lowest BCUT2D eigenvalue weighted by atomic mass is 10.3. The number of rotatable bonds is 3. The van der Waals surface area contributed by atoms with Gasteiger partial charge >= 0.3 is 10.0 Å². The lowest BCUT2D eigenvalue weighted by Gasteiger charge is -1.99. The molecule has 2 heterocycles. The maximum atomic E-state index is 11.9. The highest BCUT2D eigenvalue weighted by Crippen LogP contribution is 2.23. The van der Waals surface area contributed by atoms with Crippen molar-refractivity contribution in [2.75, 3.05) is 0 Å². The van der Waals surface area contributed by atoms with E-state index in [1.165, 1.54) is 0 Å². The van der Waals surface area contributed by atoms with Crippen LogP contribution < -0.4 is 5.73 Å². The number of nitrogens with two attached hydrogens (primary N) is 1. The molecular weight excluding hydrogens is 290 g/mol. The van der Waals surface area contributed by atoms with Crippen LogP contribution in [0, 0.1) is 0 Å². The van der Waals surface area contributed by atoms with Gasteiger partial charge in [-0.2, -0.15) is 18.0 Å². The largest absolute Gasteiger partial charge is 0.389 e. The molecule has 100 valence electrons. The van der Waals surface area contributed by atoms with Crippen LogP contribution >= 0.6 is 11.6 Å². The SMILES string of the molecule is CC=Cc1ccc2nc(Cl)c(S(=O)(=O)/N=C/N)n2n1. The van der Waals surface area contributed by atoms with E-state index in [4.69, 9.17) is 17.3 Å². The molecule has 0 unspecified atom stereocenters. The lowest BCUT2D eigenvalue weighted by Crippen LogP contribution is -2.07. The molecule has 0 aliphatic carbocycles. The van der Waals surface area contributed by atoms with Gasteiger partial charge in [-0.3, -0.25) is 0 Å². The molecule has 0 atom stereocenters. The van der Waals surface area contributed by atoms with Crippen LogP contribution in [-0.2, 0) is 10.0 Å². The Morgan fingerprint density at radius 3 is 2.84 bits per heavy atom. The molecule has 2 aromatic rings. The highest BCUT2D eigenvalue weighted by atomic mass is 35.5. The predicted molar refractivity (Wildman–Crippen MR) is 72.6 cm³/mol. The smallest absolute Gasteiger partial charge is 0.304 e. The van der Waals surface area contributed by atoms with Crippen molar-refractivity contribution in [3.8, 4) is 0 Å². The molecule has 19 heavy (non-hydrogen) atoms. The quantitative estimate of drug-likeness (QED) is 0.675. The van der Waals surface area contributed by atoms with Gasteiger partial charge in [0.2, 0.25) is 5.03 Å². The van der Waals surface area contributed by atoms with E-state index in [0.717, 1.165) is 4.52 Å². The molecule has 0 spiro atoms. The summed E-state index contributed by atoms with van der Waals surface area (Å²) in [5, 5.41) is 3.62. The molecule has 0 amide bonds. The summed E-state index contributed by atoms with van der Waals surface area (Å²) in [4.78, 5) is 3.91. The fraction of sp³-hybridized carbons (Fsp3) is 0.100. The van der Waals surface area contributed by atoms with Crippen LogP contribution in [0.5, 0.6) is 0 Å². The first-order chi connectivity index (χ1) is 8.99. The van der Waals surface area contributed by atoms with E-state index in [-0.39, 0.29) is 10.2 Å². The fourth-order valence-corrected chi connectivity index (χ4v) is 2.84. The number of sulfonamides is 1. The van der Waals surface area contributed by atoms with Crippen LogP contribution in [0.15, 0.2) is 27.6 Å². The van der Waals surface area contributed by atoms with Crippen LogP contribution in [0.3, 0.4) is 0 Å². The molecule has 0 aliphatic rings. The highest BCUT2D eigenvalue weighted by Gasteiger charge is 2.24. The van der Waals surface area contributed by atoms with Crippen LogP contribution in [0.2, 0.25) is 5.15 Å². The predicted octanol–water partition coefficient (Wildman–Crippen LogP) is 1.09. The first-order valence-electron chi connectivity index (χ1n) is 5.18. The molecule has 9 heteroatoms. The summed E-state index contributed by atoms with van der Waals surface area (Å²) in [6.45, 7) is 1.82. The van der Waals surface area contributed by atoms with Crippen molar-refractivity contribution in [3.05, 3.63) is 29.1 Å². The number of imidazole rings is 1. The minimum atomic E-state index is -4.03. The van der Waals surface area contributed by atoms with Crippen molar-refractivity contribution in [3.63, 3.8) is 0 Å². The van der Waals surface area contributed by atoms with Crippen molar-refractivity contribution >= 4 is 39.7 Å². The summed E-state index contributed by atoms with van der Waals surface area (Å²) in [6, 6.07) is 3.31. The van der Waals surface area contributed by atoms with Gasteiger partial charge in [-0.25, -0.2) is 4.98 Å². The van der Waals surface area contributed by atoms with Gasteiger partial charge in [-0.15, -0.1) is 4.40 Å². The number of halogens is 1.